The number of nitrogens with one attached hydrogen (secondary N) is 1. The Labute approximate surface area is 197 Å². The first-order valence-electron chi connectivity index (χ1n) is 10.4. The fraction of sp³-hybridized carbons (Fsp3) is 0.148. The lowest BCUT2D eigenvalue weighted by Gasteiger charge is -2.10. The van der Waals surface area contributed by atoms with Gasteiger partial charge in [0.05, 0.1) is 20.5 Å². The summed E-state index contributed by atoms with van der Waals surface area (Å²) in [6.45, 7) is 2.30. The van der Waals surface area contributed by atoms with Crippen molar-refractivity contribution < 1.29 is 18.7 Å². The van der Waals surface area contributed by atoms with Crippen LogP contribution in [-0.4, -0.2) is 20.1 Å². The minimum atomic E-state index is -0.188. The van der Waals surface area contributed by atoms with Gasteiger partial charge in [-0.1, -0.05) is 35.9 Å². The zero-order chi connectivity index (χ0) is 23.4. The van der Waals surface area contributed by atoms with Crippen molar-refractivity contribution in [2.24, 2.45) is 0 Å². The number of hydrogen-bond acceptors (Lipinski definition) is 4. The van der Waals surface area contributed by atoms with Crippen molar-refractivity contribution in [2.45, 2.75) is 13.5 Å². The summed E-state index contributed by atoms with van der Waals surface area (Å²) in [5, 5.41) is 4.51. The van der Waals surface area contributed by atoms with Gasteiger partial charge in [0.15, 0.2) is 0 Å². The lowest BCUT2D eigenvalue weighted by atomic mass is 9.99. The Balaban J connectivity index is 1.62. The van der Waals surface area contributed by atoms with Crippen LogP contribution < -0.4 is 14.8 Å². The van der Waals surface area contributed by atoms with E-state index in [0.717, 1.165) is 39.0 Å². The molecule has 0 spiro atoms. The van der Waals surface area contributed by atoms with Gasteiger partial charge in [0.25, 0.3) is 0 Å². The molecular formula is C27H24ClNO4. The zero-order valence-corrected chi connectivity index (χ0v) is 19.4. The maximum Gasteiger partial charge on any atom is 0.244 e. The molecule has 0 aliphatic carbocycles. The van der Waals surface area contributed by atoms with E-state index in [-0.39, 0.29) is 5.91 Å². The van der Waals surface area contributed by atoms with Crippen molar-refractivity contribution in [3.05, 3.63) is 89.2 Å². The SMILES string of the molecule is COc1ccc(-c2coc3cc(OC)c(/C(C)=C/C(=O)NCc4ccc(Cl)cc4)cc23)cc1. The van der Waals surface area contributed by atoms with Crippen LogP contribution in [0.1, 0.15) is 18.1 Å². The largest absolute Gasteiger partial charge is 0.497 e. The Morgan fingerprint density at radius 2 is 1.76 bits per heavy atom. The van der Waals surface area contributed by atoms with Crippen LogP contribution in [-0.2, 0) is 11.3 Å². The number of benzene rings is 3. The predicted octanol–water partition coefficient (Wildman–Crippen LogP) is 6.49. The number of carbonyl (C=O) groups is 1. The van der Waals surface area contributed by atoms with Crippen LogP contribution in [0.25, 0.3) is 27.7 Å². The van der Waals surface area contributed by atoms with Crippen molar-refractivity contribution in [3.63, 3.8) is 0 Å². The molecule has 0 saturated heterocycles. The van der Waals surface area contributed by atoms with Crippen molar-refractivity contribution in [1.29, 1.82) is 0 Å². The Morgan fingerprint density at radius 3 is 2.42 bits per heavy atom. The molecule has 1 N–H and O–H groups in total. The first-order chi connectivity index (χ1) is 16.0. The average Bonchev–Trinajstić information content (AvgIpc) is 3.25. The molecule has 5 nitrogen and oxygen atoms in total. The van der Waals surface area contributed by atoms with Gasteiger partial charge >= 0.3 is 0 Å². The molecule has 0 aliphatic heterocycles. The van der Waals surface area contributed by atoms with Crippen LogP contribution in [0.3, 0.4) is 0 Å². The van der Waals surface area contributed by atoms with Crippen LogP contribution in [0, 0.1) is 0 Å². The van der Waals surface area contributed by atoms with Crippen LogP contribution in [0.4, 0.5) is 0 Å². The molecule has 0 atom stereocenters. The summed E-state index contributed by atoms with van der Waals surface area (Å²) in [4.78, 5) is 12.5. The number of furan rings is 1. The van der Waals surface area contributed by atoms with Gasteiger partial charge in [-0.15, -0.1) is 0 Å². The molecule has 1 amide bonds. The van der Waals surface area contributed by atoms with Crippen LogP contribution in [0.15, 0.2) is 77.4 Å². The third kappa shape index (κ3) is 5.04. The van der Waals surface area contributed by atoms with Crippen molar-refractivity contribution >= 4 is 34.1 Å². The molecule has 33 heavy (non-hydrogen) atoms. The number of fused-ring (bicyclic) bond motifs is 1. The molecule has 0 radical (unpaired) electrons. The minimum absolute atomic E-state index is 0.188. The first-order valence-corrected chi connectivity index (χ1v) is 10.8. The van der Waals surface area contributed by atoms with Crippen molar-refractivity contribution in [1.82, 2.24) is 5.32 Å². The van der Waals surface area contributed by atoms with Gasteiger partial charge in [0.2, 0.25) is 5.91 Å². The third-order valence-electron chi connectivity index (χ3n) is 5.45. The van der Waals surface area contributed by atoms with Gasteiger partial charge in [0, 0.05) is 40.2 Å². The smallest absolute Gasteiger partial charge is 0.244 e. The third-order valence-corrected chi connectivity index (χ3v) is 5.70. The van der Waals surface area contributed by atoms with Gasteiger partial charge in [-0.2, -0.15) is 0 Å². The van der Waals surface area contributed by atoms with Gasteiger partial charge in [-0.3, -0.25) is 4.79 Å². The van der Waals surface area contributed by atoms with Crippen LogP contribution >= 0.6 is 11.6 Å². The van der Waals surface area contributed by atoms with Crippen molar-refractivity contribution in [3.8, 4) is 22.6 Å². The second-order valence-electron chi connectivity index (χ2n) is 7.60. The molecule has 168 valence electrons. The van der Waals surface area contributed by atoms with E-state index >= 15 is 0 Å². The molecule has 6 heteroatoms. The van der Waals surface area contributed by atoms with E-state index in [1.165, 1.54) is 0 Å². The first kappa shape index (κ1) is 22.5. The lowest BCUT2D eigenvalue weighted by molar-refractivity contribution is -0.116. The van der Waals surface area contributed by atoms with Gasteiger partial charge in [0.1, 0.15) is 17.1 Å². The van der Waals surface area contributed by atoms with Crippen molar-refractivity contribution in [2.75, 3.05) is 14.2 Å². The topological polar surface area (TPSA) is 60.7 Å². The average molecular weight is 462 g/mol. The van der Waals surface area contributed by atoms with Gasteiger partial charge in [-0.25, -0.2) is 0 Å². The second kappa shape index (κ2) is 9.84. The van der Waals surface area contributed by atoms with E-state index < -0.39 is 0 Å². The molecule has 0 fully saturated rings. The fourth-order valence-electron chi connectivity index (χ4n) is 3.64. The van der Waals surface area contributed by atoms with Gasteiger partial charge < -0.3 is 19.2 Å². The summed E-state index contributed by atoms with van der Waals surface area (Å²) in [6, 6.07) is 19.0. The molecule has 1 aromatic heterocycles. The summed E-state index contributed by atoms with van der Waals surface area (Å²) >= 11 is 5.92. The molecular weight excluding hydrogens is 438 g/mol. The molecule has 0 saturated carbocycles. The maximum atomic E-state index is 12.5. The van der Waals surface area contributed by atoms with Crippen LogP contribution in [0.2, 0.25) is 5.02 Å². The number of ether oxygens (including phenoxy) is 2. The second-order valence-corrected chi connectivity index (χ2v) is 8.03. The Bertz CT molecular complexity index is 1300. The van der Waals surface area contributed by atoms with Gasteiger partial charge in [-0.05, 0) is 54.0 Å². The molecule has 4 aromatic rings. The number of methoxy groups -OCH3 is 2. The normalized spacial score (nSPS) is 11.5. The highest BCUT2D eigenvalue weighted by molar-refractivity contribution is 6.30. The molecule has 3 aromatic carbocycles. The van der Waals surface area contributed by atoms with E-state index in [1.807, 2.05) is 55.5 Å². The number of amides is 1. The number of halogens is 1. The van der Waals surface area contributed by atoms with Crippen LogP contribution in [0.5, 0.6) is 11.5 Å². The summed E-state index contributed by atoms with van der Waals surface area (Å²) in [5.74, 6) is 1.24. The fourth-order valence-corrected chi connectivity index (χ4v) is 3.77. The van der Waals surface area contributed by atoms with E-state index in [0.29, 0.717) is 22.9 Å². The highest BCUT2D eigenvalue weighted by Gasteiger charge is 2.15. The number of allylic oxidation sites excluding steroid dienone is 1. The molecule has 4 rings (SSSR count). The Morgan fingerprint density at radius 1 is 1.03 bits per heavy atom. The lowest BCUT2D eigenvalue weighted by Crippen LogP contribution is -2.20. The van der Waals surface area contributed by atoms with E-state index in [1.54, 1.807) is 38.7 Å². The Kier molecular flexibility index (Phi) is 6.71. The minimum Gasteiger partial charge on any atom is -0.497 e. The highest BCUT2D eigenvalue weighted by atomic mass is 35.5. The summed E-state index contributed by atoms with van der Waals surface area (Å²) in [7, 11) is 3.24. The zero-order valence-electron chi connectivity index (χ0n) is 18.6. The standard InChI is InChI=1S/C27H24ClNO4/c1-17(12-27(30)29-15-18-4-8-20(28)9-5-18)22-13-23-24(16-33-26(23)14-25(22)32-3)19-6-10-21(31-2)11-7-19/h4-14,16H,15H2,1-3H3,(H,29,30)/b17-12+. The number of hydrogen-bond donors (Lipinski definition) is 1. The number of rotatable bonds is 7. The maximum absolute atomic E-state index is 12.5. The monoisotopic (exact) mass is 461 g/mol. The predicted molar refractivity (Wildman–Crippen MR) is 132 cm³/mol. The molecule has 0 unspecified atom stereocenters. The van der Waals surface area contributed by atoms with E-state index in [4.69, 9.17) is 25.5 Å². The molecule has 0 bridgehead atoms. The summed E-state index contributed by atoms with van der Waals surface area (Å²) in [5.41, 5.74) is 5.25. The molecule has 0 aliphatic rings. The Hall–Kier alpha value is -3.70. The highest BCUT2D eigenvalue weighted by Crippen LogP contribution is 2.37. The summed E-state index contributed by atoms with van der Waals surface area (Å²) < 4.78 is 16.6. The quantitative estimate of drug-likeness (QED) is 0.319. The van der Waals surface area contributed by atoms with E-state index in [2.05, 4.69) is 5.32 Å². The number of carbonyl (C=O) groups excluding carboxylic acids is 1. The molecule has 1 heterocycles. The summed E-state index contributed by atoms with van der Waals surface area (Å²) in [6.07, 6.45) is 3.31. The van der Waals surface area contributed by atoms with E-state index in [9.17, 15) is 4.79 Å².